The van der Waals surface area contributed by atoms with Crippen molar-refractivity contribution >= 4 is 27.6 Å². The molecule has 0 aromatic heterocycles. The lowest BCUT2D eigenvalue weighted by Gasteiger charge is -2.17. The first-order valence-electron chi connectivity index (χ1n) is 5.53. The van der Waals surface area contributed by atoms with E-state index in [2.05, 4.69) is 0 Å². The first kappa shape index (κ1) is 14.3. The van der Waals surface area contributed by atoms with Gasteiger partial charge in [-0.15, -0.1) is 0 Å². The van der Waals surface area contributed by atoms with E-state index in [1.807, 2.05) is 0 Å². The van der Waals surface area contributed by atoms with Crippen LogP contribution in [0.15, 0.2) is 17.0 Å². The maximum absolute atomic E-state index is 12.3. The molecule has 1 fully saturated rings. The third-order valence-corrected chi connectivity index (χ3v) is 4.84. The van der Waals surface area contributed by atoms with Crippen molar-refractivity contribution in [3.05, 3.63) is 28.3 Å². The molecule has 6 nitrogen and oxygen atoms in total. The fraction of sp³-hybridized carbons (Fsp3) is 0.364. The molecule has 8 heteroatoms. The summed E-state index contributed by atoms with van der Waals surface area (Å²) in [7, 11) is -3.88. The van der Waals surface area contributed by atoms with Crippen LogP contribution in [0.4, 0.5) is 0 Å². The molecule has 1 saturated heterocycles. The molecule has 1 aromatic rings. The molecular formula is C11H12ClNO5S. The van der Waals surface area contributed by atoms with Crippen LogP contribution in [0, 0.1) is 6.92 Å². The lowest BCUT2D eigenvalue weighted by Crippen LogP contribution is -2.27. The quantitative estimate of drug-likeness (QED) is 0.918. The van der Waals surface area contributed by atoms with Crippen LogP contribution < -0.4 is 0 Å². The van der Waals surface area contributed by atoms with Gasteiger partial charge in [-0.25, -0.2) is 13.2 Å². The van der Waals surface area contributed by atoms with E-state index in [-0.39, 0.29) is 27.6 Å². The van der Waals surface area contributed by atoms with Crippen LogP contribution >= 0.6 is 11.6 Å². The van der Waals surface area contributed by atoms with Crippen molar-refractivity contribution in [1.29, 1.82) is 0 Å². The summed E-state index contributed by atoms with van der Waals surface area (Å²) in [6.45, 7) is 2.00. The molecule has 0 saturated carbocycles. The number of halogens is 1. The Bertz CT molecular complexity index is 622. The summed E-state index contributed by atoms with van der Waals surface area (Å²) in [5, 5.41) is 9.10. The van der Waals surface area contributed by atoms with Crippen molar-refractivity contribution in [3.8, 4) is 0 Å². The Morgan fingerprint density at radius 2 is 2.16 bits per heavy atom. The Kier molecular flexibility index (Phi) is 3.82. The number of hydroxylamine groups is 1. The van der Waals surface area contributed by atoms with E-state index in [4.69, 9.17) is 21.5 Å². The first-order chi connectivity index (χ1) is 8.84. The van der Waals surface area contributed by atoms with Crippen molar-refractivity contribution < 1.29 is 23.2 Å². The van der Waals surface area contributed by atoms with E-state index in [0.717, 1.165) is 4.47 Å². The maximum atomic E-state index is 12.3. The lowest BCUT2D eigenvalue weighted by atomic mass is 10.1. The maximum Gasteiger partial charge on any atom is 0.336 e. The van der Waals surface area contributed by atoms with Crippen LogP contribution in [0.3, 0.4) is 0 Å². The molecule has 0 bridgehead atoms. The Labute approximate surface area is 115 Å². The summed E-state index contributed by atoms with van der Waals surface area (Å²) in [4.78, 5) is 16.0. The second-order valence-corrected chi connectivity index (χ2v) is 6.33. The highest BCUT2D eigenvalue weighted by molar-refractivity contribution is 7.89. The molecule has 1 heterocycles. The number of nitrogens with zero attached hydrogens (tertiary/aromatic N) is 1. The number of aromatic carboxylic acids is 1. The van der Waals surface area contributed by atoms with E-state index >= 15 is 0 Å². The topological polar surface area (TPSA) is 83.9 Å². The van der Waals surface area contributed by atoms with Gasteiger partial charge >= 0.3 is 5.97 Å². The van der Waals surface area contributed by atoms with Gasteiger partial charge in [0.05, 0.1) is 17.1 Å². The number of sulfonamides is 1. The van der Waals surface area contributed by atoms with Crippen LogP contribution in [-0.2, 0) is 14.9 Å². The predicted octanol–water partition coefficient (Wildman–Crippen LogP) is 1.67. The number of hydrogen-bond acceptors (Lipinski definition) is 4. The average Bonchev–Trinajstić information content (AvgIpc) is 2.85. The first-order valence-corrected chi connectivity index (χ1v) is 7.35. The summed E-state index contributed by atoms with van der Waals surface area (Å²) in [5.41, 5.74) is 0.0117. The van der Waals surface area contributed by atoms with Gasteiger partial charge in [-0.2, -0.15) is 0 Å². The molecule has 0 unspecified atom stereocenters. The minimum absolute atomic E-state index is 0.0563. The SMILES string of the molecule is Cc1c(C(=O)O)cc(Cl)cc1S(=O)(=O)N1CCCO1. The number of carboxylic acid groups (broad SMARTS) is 1. The fourth-order valence-corrected chi connectivity index (χ4v) is 3.73. The van der Waals surface area contributed by atoms with Gasteiger partial charge < -0.3 is 5.11 Å². The molecule has 0 radical (unpaired) electrons. The Hall–Kier alpha value is -1.15. The van der Waals surface area contributed by atoms with Gasteiger partial charge in [0.15, 0.2) is 0 Å². The van der Waals surface area contributed by atoms with Gasteiger partial charge in [-0.05, 0) is 31.0 Å². The normalized spacial score (nSPS) is 16.7. The molecular weight excluding hydrogens is 294 g/mol. The van der Waals surface area contributed by atoms with Crippen LogP contribution in [0.5, 0.6) is 0 Å². The summed E-state index contributed by atoms with van der Waals surface area (Å²) >= 11 is 5.79. The number of hydrogen-bond donors (Lipinski definition) is 1. The van der Waals surface area contributed by atoms with E-state index < -0.39 is 16.0 Å². The molecule has 0 atom stereocenters. The molecule has 0 amide bonds. The minimum Gasteiger partial charge on any atom is -0.478 e. The zero-order chi connectivity index (χ0) is 14.2. The Morgan fingerprint density at radius 3 is 2.68 bits per heavy atom. The zero-order valence-corrected chi connectivity index (χ0v) is 11.7. The van der Waals surface area contributed by atoms with Gasteiger partial charge in [0.2, 0.25) is 0 Å². The van der Waals surface area contributed by atoms with Crippen molar-refractivity contribution in [2.45, 2.75) is 18.2 Å². The van der Waals surface area contributed by atoms with Crippen molar-refractivity contribution in [3.63, 3.8) is 0 Å². The molecule has 0 aliphatic carbocycles. The van der Waals surface area contributed by atoms with Crippen LogP contribution in [-0.4, -0.2) is 37.1 Å². The van der Waals surface area contributed by atoms with Gasteiger partial charge in [0.1, 0.15) is 0 Å². The highest BCUT2D eigenvalue weighted by Crippen LogP contribution is 2.28. The molecule has 1 aliphatic heterocycles. The third kappa shape index (κ3) is 2.59. The molecule has 104 valence electrons. The van der Waals surface area contributed by atoms with Gasteiger partial charge in [-0.1, -0.05) is 16.1 Å². The summed E-state index contributed by atoms with van der Waals surface area (Å²) in [6.07, 6.45) is 0.602. The highest BCUT2D eigenvalue weighted by Gasteiger charge is 2.31. The highest BCUT2D eigenvalue weighted by atomic mass is 35.5. The van der Waals surface area contributed by atoms with E-state index in [9.17, 15) is 13.2 Å². The number of carbonyl (C=O) groups is 1. The average molecular weight is 306 g/mol. The van der Waals surface area contributed by atoms with Crippen molar-refractivity contribution in [2.24, 2.45) is 0 Å². The van der Waals surface area contributed by atoms with Crippen LogP contribution in [0.25, 0.3) is 0 Å². The van der Waals surface area contributed by atoms with Gasteiger partial charge in [-0.3, -0.25) is 4.84 Å². The van der Waals surface area contributed by atoms with Crippen LogP contribution in [0.1, 0.15) is 22.3 Å². The smallest absolute Gasteiger partial charge is 0.336 e. The zero-order valence-electron chi connectivity index (χ0n) is 10.1. The van der Waals surface area contributed by atoms with Gasteiger partial charge in [0, 0.05) is 11.6 Å². The molecule has 2 rings (SSSR count). The Balaban J connectivity index is 2.59. The summed E-state index contributed by atoms with van der Waals surface area (Å²) in [6, 6.07) is 2.46. The largest absolute Gasteiger partial charge is 0.478 e. The third-order valence-electron chi connectivity index (χ3n) is 2.82. The number of carboxylic acids is 1. The van der Waals surface area contributed by atoms with Crippen LogP contribution in [0.2, 0.25) is 5.02 Å². The molecule has 1 aliphatic rings. The van der Waals surface area contributed by atoms with E-state index in [1.54, 1.807) is 0 Å². The lowest BCUT2D eigenvalue weighted by molar-refractivity contribution is -0.0285. The molecule has 1 N–H and O–H groups in total. The second kappa shape index (κ2) is 5.09. The van der Waals surface area contributed by atoms with Gasteiger partial charge in [0.25, 0.3) is 10.0 Å². The monoisotopic (exact) mass is 305 g/mol. The van der Waals surface area contributed by atoms with Crippen molar-refractivity contribution in [2.75, 3.05) is 13.2 Å². The van der Waals surface area contributed by atoms with Crippen molar-refractivity contribution in [1.82, 2.24) is 4.47 Å². The molecule has 1 aromatic carbocycles. The minimum atomic E-state index is -3.88. The summed E-state index contributed by atoms with van der Waals surface area (Å²) in [5.74, 6) is -1.22. The number of rotatable bonds is 3. The number of benzene rings is 1. The molecule has 0 spiro atoms. The fourth-order valence-electron chi connectivity index (χ4n) is 1.87. The predicted molar refractivity (Wildman–Crippen MR) is 67.6 cm³/mol. The standard InChI is InChI=1S/C11H12ClNO5S/c1-7-9(11(14)15)5-8(12)6-10(7)19(16,17)13-3-2-4-18-13/h5-6H,2-4H2,1H3,(H,14,15). The second-order valence-electron chi connectivity index (χ2n) is 4.10. The molecule has 19 heavy (non-hydrogen) atoms. The van der Waals surface area contributed by atoms with E-state index in [1.165, 1.54) is 19.1 Å². The van der Waals surface area contributed by atoms with E-state index in [0.29, 0.717) is 13.0 Å². The summed E-state index contributed by atoms with van der Waals surface area (Å²) < 4.78 is 25.5. The Morgan fingerprint density at radius 1 is 1.47 bits per heavy atom.